The number of phenols is 1. The predicted octanol–water partition coefficient (Wildman–Crippen LogP) is 3.14. The van der Waals surface area contributed by atoms with E-state index < -0.39 is 5.97 Å². The number of ether oxygens (including phenoxy) is 1. The van der Waals surface area contributed by atoms with Crippen molar-refractivity contribution in [3.05, 3.63) is 78.1 Å². The summed E-state index contributed by atoms with van der Waals surface area (Å²) >= 11 is 0. The maximum Gasteiger partial charge on any atom is 0.379 e. The van der Waals surface area contributed by atoms with E-state index in [4.69, 9.17) is 10.2 Å². The first-order chi connectivity index (χ1) is 10.4. The Morgan fingerprint density at radius 2 is 1.64 bits per heavy atom. The number of hydrogen-bond donors (Lipinski definition) is 2. The summed E-state index contributed by atoms with van der Waals surface area (Å²) in [5, 5.41) is 17.2. The minimum absolute atomic E-state index is 0.273. The first-order valence-electron chi connectivity index (χ1n) is 6.35. The normalized spacial score (nSPS) is 11.1. The van der Waals surface area contributed by atoms with Crippen molar-refractivity contribution >= 4 is 11.9 Å². The molecule has 2 aromatic carbocycles. The van der Waals surface area contributed by atoms with E-state index in [2.05, 4.69) is 11.3 Å². The van der Waals surface area contributed by atoms with Gasteiger partial charge >= 0.3 is 11.9 Å². The van der Waals surface area contributed by atoms with Crippen LogP contribution in [0, 0.1) is 6.92 Å². The zero-order valence-electron chi connectivity index (χ0n) is 12.0. The highest BCUT2D eigenvalue weighted by molar-refractivity contribution is 5.99. The van der Waals surface area contributed by atoms with Gasteiger partial charge in [-0.15, -0.1) is 0 Å². The van der Waals surface area contributed by atoms with E-state index in [1.807, 2.05) is 19.1 Å². The molecule has 0 atom stereocenters. The SMILES string of the molecule is C=C1OC1=O.Cc1cccc(O)c1.O=C(O)c1ccccc1. The Kier molecular flexibility index (Phi) is 6.37. The number of aromatic hydroxyl groups is 1. The first kappa shape index (κ1) is 17.0. The number of aryl methyl sites for hydroxylation is 1. The average Bonchev–Trinajstić information content (AvgIpc) is 3.13. The van der Waals surface area contributed by atoms with E-state index >= 15 is 0 Å². The van der Waals surface area contributed by atoms with Crippen LogP contribution in [0.25, 0.3) is 0 Å². The Hall–Kier alpha value is -3.08. The van der Waals surface area contributed by atoms with E-state index in [9.17, 15) is 9.59 Å². The molecule has 0 aliphatic carbocycles. The zero-order chi connectivity index (χ0) is 16.5. The topological polar surface area (TPSA) is 87.1 Å². The van der Waals surface area contributed by atoms with Gasteiger partial charge in [-0.25, -0.2) is 9.59 Å². The van der Waals surface area contributed by atoms with Crippen molar-refractivity contribution in [1.82, 2.24) is 0 Å². The van der Waals surface area contributed by atoms with Crippen LogP contribution in [-0.4, -0.2) is 22.2 Å². The minimum Gasteiger partial charge on any atom is -0.508 e. The van der Waals surface area contributed by atoms with Crippen LogP contribution in [-0.2, 0) is 9.53 Å². The lowest BCUT2D eigenvalue weighted by molar-refractivity contribution is -0.117. The number of carbonyl (C=O) groups excluding carboxylic acids is 1. The highest BCUT2D eigenvalue weighted by atomic mass is 16.6. The molecule has 0 saturated carbocycles. The molecule has 2 N–H and O–H groups in total. The Morgan fingerprint density at radius 1 is 1.09 bits per heavy atom. The summed E-state index contributed by atoms with van der Waals surface area (Å²) < 4.78 is 4.08. The molecule has 3 rings (SSSR count). The number of benzene rings is 2. The Labute approximate surface area is 128 Å². The lowest BCUT2D eigenvalue weighted by atomic mass is 10.2. The van der Waals surface area contributed by atoms with Crippen molar-refractivity contribution in [2.75, 3.05) is 0 Å². The number of rotatable bonds is 1. The Morgan fingerprint density at radius 3 is 1.91 bits per heavy atom. The molecule has 0 bridgehead atoms. The van der Waals surface area contributed by atoms with Crippen LogP contribution in [0.15, 0.2) is 66.9 Å². The molecule has 114 valence electrons. The monoisotopic (exact) mass is 300 g/mol. The van der Waals surface area contributed by atoms with Gasteiger partial charge in [-0.1, -0.05) is 30.3 Å². The van der Waals surface area contributed by atoms with E-state index in [0.29, 0.717) is 11.3 Å². The van der Waals surface area contributed by atoms with Gasteiger partial charge in [0.1, 0.15) is 5.75 Å². The van der Waals surface area contributed by atoms with Gasteiger partial charge in [-0.05, 0) is 43.3 Å². The molecule has 0 unspecified atom stereocenters. The van der Waals surface area contributed by atoms with Gasteiger partial charge in [0.05, 0.1) is 5.56 Å². The van der Waals surface area contributed by atoms with Gasteiger partial charge in [-0.2, -0.15) is 0 Å². The molecule has 0 radical (unpaired) electrons. The number of cyclic esters (lactones) is 1. The van der Waals surface area contributed by atoms with Crippen molar-refractivity contribution < 1.29 is 24.5 Å². The molecular formula is C17H16O5. The molecule has 1 fully saturated rings. The second-order valence-electron chi connectivity index (χ2n) is 4.32. The molecule has 2 aromatic rings. The van der Waals surface area contributed by atoms with E-state index in [1.165, 1.54) is 0 Å². The molecule has 1 heterocycles. The Bertz CT molecular complexity index is 633. The Balaban J connectivity index is 0.000000171. The largest absolute Gasteiger partial charge is 0.508 e. The number of carboxylic acids is 1. The summed E-state index contributed by atoms with van der Waals surface area (Å²) in [5.41, 5.74) is 1.42. The molecule has 22 heavy (non-hydrogen) atoms. The lowest BCUT2D eigenvalue weighted by Gasteiger charge is -1.89. The standard InChI is InChI=1S/C7H6O2.C7H8O.C3H2O2/c8-7(9)6-4-2-1-3-5-6;1-6-3-2-4-7(8)5-6;1-2-3(4)5-2/h1-5H,(H,8,9);2-5,8H,1H3;1H2. The van der Waals surface area contributed by atoms with Gasteiger partial charge < -0.3 is 14.9 Å². The minimum atomic E-state index is -0.879. The van der Waals surface area contributed by atoms with Crippen LogP contribution >= 0.6 is 0 Å². The second-order valence-corrected chi connectivity index (χ2v) is 4.32. The van der Waals surface area contributed by atoms with E-state index in [1.54, 1.807) is 42.5 Å². The van der Waals surface area contributed by atoms with Gasteiger partial charge in [0.2, 0.25) is 5.76 Å². The quantitative estimate of drug-likeness (QED) is 0.624. The highest BCUT2D eigenvalue weighted by Crippen LogP contribution is 2.11. The number of epoxide rings is 1. The summed E-state index contributed by atoms with van der Waals surface area (Å²) in [4.78, 5) is 19.8. The number of carboxylic acid groups (broad SMARTS) is 1. The highest BCUT2D eigenvalue weighted by Gasteiger charge is 2.26. The fourth-order valence-electron chi connectivity index (χ4n) is 1.30. The summed E-state index contributed by atoms with van der Waals surface area (Å²) in [6.07, 6.45) is 0. The van der Waals surface area contributed by atoms with Crippen LogP contribution in [0.1, 0.15) is 15.9 Å². The van der Waals surface area contributed by atoms with Gasteiger partial charge in [0.15, 0.2) is 0 Å². The lowest BCUT2D eigenvalue weighted by Crippen LogP contribution is -1.93. The fourth-order valence-corrected chi connectivity index (χ4v) is 1.30. The third-order valence-corrected chi connectivity index (χ3v) is 2.42. The summed E-state index contributed by atoms with van der Waals surface area (Å²) in [7, 11) is 0. The number of aromatic carboxylic acids is 1. The van der Waals surface area contributed by atoms with Gasteiger partial charge in [0.25, 0.3) is 0 Å². The van der Waals surface area contributed by atoms with Gasteiger partial charge in [-0.3, -0.25) is 0 Å². The molecule has 5 heteroatoms. The second kappa shape index (κ2) is 8.26. The van der Waals surface area contributed by atoms with Crippen molar-refractivity contribution in [2.45, 2.75) is 6.92 Å². The van der Waals surface area contributed by atoms with E-state index in [0.717, 1.165) is 5.56 Å². The molecule has 5 nitrogen and oxygen atoms in total. The maximum absolute atomic E-state index is 10.2. The first-order valence-corrected chi connectivity index (χ1v) is 6.35. The summed E-state index contributed by atoms with van der Waals surface area (Å²) in [5.74, 6) is -0.532. The van der Waals surface area contributed by atoms with Crippen LogP contribution in [0.2, 0.25) is 0 Å². The number of hydrogen-bond acceptors (Lipinski definition) is 4. The van der Waals surface area contributed by atoms with Crippen molar-refractivity contribution in [2.24, 2.45) is 0 Å². The molecule has 0 amide bonds. The summed E-state index contributed by atoms with van der Waals surface area (Å²) in [6, 6.07) is 15.4. The third kappa shape index (κ3) is 6.91. The van der Waals surface area contributed by atoms with Crippen molar-refractivity contribution in [1.29, 1.82) is 0 Å². The van der Waals surface area contributed by atoms with Crippen LogP contribution in [0.3, 0.4) is 0 Å². The fraction of sp³-hybridized carbons (Fsp3) is 0.0588. The third-order valence-electron chi connectivity index (χ3n) is 2.42. The molecule has 1 aliphatic rings. The summed E-state index contributed by atoms with van der Waals surface area (Å²) in [6.45, 7) is 5.12. The zero-order valence-corrected chi connectivity index (χ0v) is 12.0. The average molecular weight is 300 g/mol. The molecule has 0 spiro atoms. The maximum atomic E-state index is 10.2. The molecule has 1 saturated heterocycles. The molecular weight excluding hydrogens is 284 g/mol. The van der Waals surface area contributed by atoms with Crippen LogP contribution < -0.4 is 0 Å². The molecule has 0 aromatic heterocycles. The van der Waals surface area contributed by atoms with Crippen LogP contribution in [0.4, 0.5) is 0 Å². The number of phenolic OH excluding ortho intramolecular Hbond substituents is 1. The molecule has 1 aliphatic heterocycles. The number of carbonyl (C=O) groups is 2. The van der Waals surface area contributed by atoms with E-state index in [-0.39, 0.29) is 11.7 Å². The smallest absolute Gasteiger partial charge is 0.379 e. The van der Waals surface area contributed by atoms with Crippen LogP contribution in [0.5, 0.6) is 5.75 Å². The van der Waals surface area contributed by atoms with Gasteiger partial charge in [0, 0.05) is 0 Å². The predicted molar refractivity (Wildman–Crippen MR) is 81.5 cm³/mol. The van der Waals surface area contributed by atoms with Crippen molar-refractivity contribution in [3.8, 4) is 5.75 Å². The van der Waals surface area contributed by atoms with Crippen molar-refractivity contribution in [3.63, 3.8) is 0 Å².